The normalized spacial score (nSPS) is 13.7. The standard InChI is InChI=1S/C10H19NO2S/c1-5-7(2)6-14-10(3,4)8(11)9(12)13/h8H,2,5-6,11H2,1,3-4H3,(H,12,13)/t8-/m0/s1. The summed E-state index contributed by atoms with van der Waals surface area (Å²) in [6.45, 7) is 9.60. The van der Waals surface area contributed by atoms with Crippen LogP contribution in [0.15, 0.2) is 12.2 Å². The fourth-order valence-corrected chi connectivity index (χ4v) is 1.84. The van der Waals surface area contributed by atoms with Crippen molar-refractivity contribution in [3.8, 4) is 0 Å². The third kappa shape index (κ3) is 4.15. The molecule has 3 nitrogen and oxygen atoms in total. The van der Waals surface area contributed by atoms with Crippen LogP contribution in [-0.2, 0) is 4.79 Å². The molecule has 0 amide bonds. The van der Waals surface area contributed by atoms with Crippen LogP contribution in [0.25, 0.3) is 0 Å². The molecule has 0 rings (SSSR count). The summed E-state index contributed by atoms with van der Waals surface area (Å²) in [7, 11) is 0. The summed E-state index contributed by atoms with van der Waals surface area (Å²) in [5.41, 5.74) is 6.68. The summed E-state index contributed by atoms with van der Waals surface area (Å²) in [5, 5.41) is 8.78. The molecule has 82 valence electrons. The first kappa shape index (κ1) is 13.5. The quantitative estimate of drug-likeness (QED) is 0.667. The highest BCUT2D eigenvalue weighted by Crippen LogP contribution is 2.29. The second-order valence-electron chi connectivity index (χ2n) is 3.81. The topological polar surface area (TPSA) is 63.3 Å². The SMILES string of the molecule is C=C(CC)CSC(C)(C)[C@@H](N)C(=O)O. The second-order valence-corrected chi connectivity index (χ2v) is 5.44. The molecule has 0 saturated carbocycles. The van der Waals surface area contributed by atoms with Crippen molar-refractivity contribution in [2.75, 3.05) is 5.75 Å². The average molecular weight is 217 g/mol. The van der Waals surface area contributed by atoms with Crippen LogP contribution < -0.4 is 5.73 Å². The minimum atomic E-state index is -0.954. The van der Waals surface area contributed by atoms with Crippen LogP contribution in [0.2, 0.25) is 0 Å². The highest BCUT2D eigenvalue weighted by molar-refractivity contribution is 8.00. The predicted molar refractivity (Wildman–Crippen MR) is 61.6 cm³/mol. The van der Waals surface area contributed by atoms with E-state index in [2.05, 4.69) is 6.58 Å². The molecule has 0 heterocycles. The van der Waals surface area contributed by atoms with Gasteiger partial charge in [-0.2, -0.15) is 0 Å². The number of nitrogens with two attached hydrogens (primary N) is 1. The van der Waals surface area contributed by atoms with Crippen LogP contribution in [-0.4, -0.2) is 27.6 Å². The Morgan fingerprint density at radius 1 is 1.64 bits per heavy atom. The summed E-state index contributed by atoms with van der Waals surface area (Å²) in [4.78, 5) is 10.7. The van der Waals surface area contributed by atoms with Crippen molar-refractivity contribution in [3.05, 3.63) is 12.2 Å². The van der Waals surface area contributed by atoms with Gasteiger partial charge >= 0.3 is 5.97 Å². The maximum atomic E-state index is 10.7. The number of carboxylic acids is 1. The highest BCUT2D eigenvalue weighted by atomic mass is 32.2. The van der Waals surface area contributed by atoms with Gasteiger partial charge in [-0.25, -0.2) is 0 Å². The first-order valence-electron chi connectivity index (χ1n) is 4.60. The molecule has 0 unspecified atom stereocenters. The monoisotopic (exact) mass is 217 g/mol. The first-order valence-corrected chi connectivity index (χ1v) is 5.58. The van der Waals surface area contributed by atoms with Crippen LogP contribution in [0.1, 0.15) is 27.2 Å². The minimum Gasteiger partial charge on any atom is -0.480 e. The van der Waals surface area contributed by atoms with Crippen LogP contribution in [0.5, 0.6) is 0 Å². The molecule has 4 heteroatoms. The van der Waals surface area contributed by atoms with Gasteiger partial charge in [0.15, 0.2) is 0 Å². The maximum absolute atomic E-state index is 10.7. The Hall–Kier alpha value is -0.480. The van der Waals surface area contributed by atoms with Gasteiger partial charge in [-0.3, -0.25) is 4.79 Å². The van der Waals surface area contributed by atoms with Crippen molar-refractivity contribution in [2.45, 2.75) is 38.0 Å². The molecule has 0 spiro atoms. The van der Waals surface area contributed by atoms with Crippen molar-refractivity contribution < 1.29 is 9.90 Å². The van der Waals surface area contributed by atoms with E-state index in [1.165, 1.54) is 0 Å². The van der Waals surface area contributed by atoms with Gasteiger partial charge < -0.3 is 10.8 Å². The average Bonchev–Trinajstić information content (AvgIpc) is 2.12. The fourth-order valence-electron chi connectivity index (χ4n) is 0.777. The molecule has 3 N–H and O–H groups in total. The Balaban J connectivity index is 4.19. The number of carboxylic acid groups (broad SMARTS) is 1. The zero-order valence-corrected chi connectivity index (χ0v) is 9.86. The molecular weight excluding hydrogens is 198 g/mol. The molecule has 0 aromatic rings. The van der Waals surface area contributed by atoms with Gasteiger partial charge in [0.2, 0.25) is 0 Å². The second kappa shape index (κ2) is 5.41. The van der Waals surface area contributed by atoms with Crippen molar-refractivity contribution >= 4 is 17.7 Å². The molecule has 0 bridgehead atoms. The first-order chi connectivity index (χ1) is 6.31. The minimum absolute atomic E-state index is 0.454. The van der Waals surface area contributed by atoms with E-state index >= 15 is 0 Å². The van der Waals surface area contributed by atoms with E-state index in [1.54, 1.807) is 11.8 Å². The number of carbonyl (C=O) groups is 1. The predicted octanol–water partition coefficient (Wildman–Crippen LogP) is 1.88. The Labute approximate surface area is 89.8 Å². The van der Waals surface area contributed by atoms with E-state index in [0.29, 0.717) is 0 Å². The summed E-state index contributed by atoms with van der Waals surface area (Å²) < 4.78 is -0.454. The van der Waals surface area contributed by atoms with Gasteiger partial charge in [-0.05, 0) is 20.3 Å². The van der Waals surface area contributed by atoms with Gasteiger partial charge in [-0.1, -0.05) is 19.1 Å². The van der Waals surface area contributed by atoms with Crippen molar-refractivity contribution in [1.82, 2.24) is 0 Å². The fraction of sp³-hybridized carbons (Fsp3) is 0.700. The molecule has 0 aliphatic heterocycles. The lowest BCUT2D eigenvalue weighted by atomic mass is 10.1. The van der Waals surface area contributed by atoms with Crippen molar-refractivity contribution in [2.24, 2.45) is 5.73 Å². The summed E-state index contributed by atoms with van der Waals surface area (Å²) in [6, 6.07) is -0.836. The Kier molecular flexibility index (Phi) is 5.23. The molecule has 0 aliphatic rings. The smallest absolute Gasteiger partial charge is 0.321 e. The van der Waals surface area contributed by atoms with E-state index in [9.17, 15) is 4.79 Å². The van der Waals surface area contributed by atoms with Gasteiger partial charge in [-0.15, -0.1) is 11.8 Å². The lowest BCUT2D eigenvalue weighted by Gasteiger charge is -2.28. The van der Waals surface area contributed by atoms with Gasteiger partial charge in [0.1, 0.15) is 6.04 Å². The zero-order chi connectivity index (χ0) is 11.4. The van der Waals surface area contributed by atoms with Crippen molar-refractivity contribution in [3.63, 3.8) is 0 Å². The molecule has 14 heavy (non-hydrogen) atoms. The van der Waals surface area contributed by atoms with Gasteiger partial charge in [0, 0.05) is 10.5 Å². The van der Waals surface area contributed by atoms with E-state index < -0.39 is 16.8 Å². The third-order valence-electron chi connectivity index (χ3n) is 2.16. The molecule has 0 saturated heterocycles. The van der Waals surface area contributed by atoms with Crippen LogP contribution in [0.3, 0.4) is 0 Å². The summed E-state index contributed by atoms with van der Waals surface area (Å²) in [5.74, 6) is -0.186. The molecule has 0 aromatic heterocycles. The van der Waals surface area contributed by atoms with Crippen molar-refractivity contribution in [1.29, 1.82) is 0 Å². The van der Waals surface area contributed by atoms with Gasteiger partial charge in [0.05, 0.1) is 0 Å². The van der Waals surface area contributed by atoms with Gasteiger partial charge in [0.25, 0.3) is 0 Å². The highest BCUT2D eigenvalue weighted by Gasteiger charge is 2.32. The molecule has 1 atom stereocenters. The molecule has 0 aliphatic carbocycles. The number of hydrogen-bond donors (Lipinski definition) is 2. The number of rotatable bonds is 6. The van der Waals surface area contributed by atoms with E-state index in [1.807, 2.05) is 20.8 Å². The summed E-state index contributed by atoms with van der Waals surface area (Å²) in [6.07, 6.45) is 0.922. The Morgan fingerprint density at radius 3 is 2.50 bits per heavy atom. The molecule has 0 radical (unpaired) electrons. The van der Waals surface area contributed by atoms with E-state index in [4.69, 9.17) is 10.8 Å². The zero-order valence-electron chi connectivity index (χ0n) is 9.04. The number of aliphatic carboxylic acids is 1. The van der Waals surface area contributed by atoms with Crippen LogP contribution in [0.4, 0.5) is 0 Å². The summed E-state index contributed by atoms with van der Waals surface area (Å²) >= 11 is 1.54. The number of hydrogen-bond acceptors (Lipinski definition) is 3. The van der Waals surface area contributed by atoms with Crippen LogP contribution in [0, 0.1) is 0 Å². The van der Waals surface area contributed by atoms with E-state index in [-0.39, 0.29) is 0 Å². The maximum Gasteiger partial charge on any atom is 0.321 e. The molecular formula is C10H19NO2S. The molecule has 0 aromatic carbocycles. The molecule has 0 fully saturated rings. The third-order valence-corrected chi connectivity index (χ3v) is 3.71. The number of thioether (sulfide) groups is 1. The lowest BCUT2D eigenvalue weighted by molar-refractivity contribution is -0.139. The largest absolute Gasteiger partial charge is 0.480 e. The Morgan fingerprint density at radius 2 is 2.14 bits per heavy atom. The van der Waals surface area contributed by atoms with Crippen LogP contribution >= 0.6 is 11.8 Å². The lowest BCUT2D eigenvalue weighted by Crippen LogP contribution is -2.46. The van der Waals surface area contributed by atoms with E-state index in [0.717, 1.165) is 17.7 Å². The Bertz CT molecular complexity index is 226.